The molecule has 2 heterocycles. The van der Waals surface area contributed by atoms with E-state index in [1.54, 1.807) is 12.3 Å². The smallest absolute Gasteiger partial charge is 0.303 e. The molecule has 0 saturated carbocycles. The van der Waals surface area contributed by atoms with Crippen molar-refractivity contribution < 1.29 is 10.0 Å². The molecule has 1 aromatic heterocycles. The van der Waals surface area contributed by atoms with Gasteiger partial charge in [-0.2, -0.15) is 0 Å². The third-order valence-corrected chi connectivity index (χ3v) is 3.75. The van der Waals surface area contributed by atoms with Crippen LogP contribution in [0.1, 0.15) is 19.8 Å². The van der Waals surface area contributed by atoms with Gasteiger partial charge in [-0.3, -0.25) is 10.1 Å². The van der Waals surface area contributed by atoms with Gasteiger partial charge in [0, 0.05) is 19.2 Å². The number of β-amino-alcohol motifs (C(OH)–C–C–N with tert-alkyl or cyclic N) is 1. The summed E-state index contributed by atoms with van der Waals surface area (Å²) in [6, 6.07) is 1.52. The zero-order valence-electron chi connectivity index (χ0n) is 9.05. The third kappa shape index (κ3) is 2.17. The predicted octanol–water partition coefficient (Wildman–Crippen LogP) is 2.01. The molecule has 0 aromatic carbocycles. The van der Waals surface area contributed by atoms with E-state index in [0.717, 1.165) is 19.4 Å². The second kappa shape index (κ2) is 4.03. The Bertz CT molecular complexity index is 403. The Kier molecular flexibility index (Phi) is 2.86. The lowest BCUT2D eigenvalue weighted by Gasteiger charge is -2.36. The van der Waals surface area contributed by atoms with Crippen LogP contribution in [-0.4, -0.2) is 28.7 Å². The third-order valence-electron chi connectivity index (χ3n) is 2.78. The maximum Gasteiger partial charge on any atom is 0.303 e. The number of hydrogen-bond donors (Lipinski definition) is 1. The van der Waals surface area contributed by atoms with Crippen LogP contribution >= 0.6 is 11.3 Å². The minimum atomic E-state index is -0.740. The van der Waals surface area contributed by atoms with Crippen LogP contribution in [-0.2, 0) is 0 Å². The summed E-state index contributed by atoms with van der Waals surface area (Å²) >= 11 is 1.36. The number of anilines is 1. The molecule has 6 heteroatoms. The van der Waals surface area contributed by atoms with E-state index in [1.165, 1.54) is 17.4 Å². The van der Waals surface area contributed by atoms with E-state index in [4.69, 9.17) is 0 Å². The minimum absolute atomic E-state index is 0.141. The number of aliphatic hydroxyl groups is 1. The van der Waals surface area contributed by atoms with Gasteiger partial charge < -0.3 is 10.0 Å². The number of nitro groups is 1. The van der Waals surface area contributed by atoms with Gasteiger partial charge in [0.1, 0.15) is 0 Å². The van der Waals surface area contributed by atoms with E-state index in [1.807, 2.05) is 4.90 Å². The van der Waals surface area contributed by atoms with E-state index < -0.39 is 5.60 Å². The van der Waals surface area contributed by atoms with Crippen LogP contribution in [0.4, 0.5) is 10.7 Å². The molecule has 0 aliphatic carbocycles. The van der Waals surface area contributed by atoms with Crippen molar-refractivity contribution in [2.45, 2.75) is 25.4 Å². The summed E-state index contributed by atoms with van der Waals surface area (Å²) in [6.45, 7) is 3.02. The first-order chi connectivity index (χ1) is 7.49. The Morgan fingerprint density at radius 1 is 1.69 bits per heavy atom. The largest absolute Gasteiger partial charge is 0.388 e. The van der Waals surface area contributed by atoms with Crippen molar-refractivity contribution in [2.75, 3.05) is 18.0 Å². The molecule has 1 N–H and O–H groups in total. The monoisotopic (exact) mass is 242 g/mol. The van der Waals surface area contributed by atoms with Crippen LogP contribution in [0.2, 0.25) is 0 Å². The highest BCUT2D eigenvalue weighted by Gasteiger charge is 2.32. The average Bonchev–Trinajstić information content (AvgIpc) is 2.64. The van der Waals surface area contributed by atoms with Crippen LogP contribution in [0.25, 0.3) is 0 Å². The molecule has 2 rings (SSSR count). The lowest BCUT2D eigenvalue weighted by atomic mass is 9.95. The number of piperidine rings is 1. The summed E-state index contributed by atoms with van der Waals surface area (Å²) in [7, 11) is 0. The molecular weight excluding hydrogens is 228 g/mol. The first kappa shape index (κ1) is 11.3. The summed E-state index contributed by atoms with van der Waals surface area (Å²) in [5.74, 6) is 0. The van der Waals surface area contributed by atoms with Crippen LogP contribution in [0.5, 0.6) is 0 Å². The first-order valence-corrected chi connectivity index (χ1v) is 6.07. The molecule has 16 heavy (non-hydrogen) atoms. The van der Waals surface area contributed by atoms with Crippen LogP contribution in [0.15, 0.2) is 11.4 Å². The van der Waals surface area contributed by atoms with Crippen LogP contribution < -0.4 is 4.90 Å². The Morgan fingerprint density at radius 2 is 2.44 bits per heavy atom. The van der Waals surface area contributed by atoms with Gasteiger partial charge in [-0.25, -0.2) is 0 Å². The standard InChI is InChI=1S/C10H14N2O3S/c1-10(13)4-2-5-11(7-10)9-8(12(14)15)3-6-16-9/h3,6,13H,2,4-5,7H2,1H3/t10-/m1/s1. The van der Waals surface area contributed by atoms with Crippen LogP contribution in [0, 0.1) is 10.1 Å². The lowest BCUT2D eigenvalue weighted by Crippen LogP contribution is -2.46. The molecule has 1 saturated heterocycles. The van der Waals surface area contributed by atoms with Gasteiger partial charge in [-0.1, -0.05) is 0 Å². The van der Waals surface area contributed by atoms with Gasteiger partial charge in [-0.15, -0.1) is 11.3 Å². The molecule has 1 atom stereocenters. The summed E-state index contributed by atoms with van der Waals surface area (Å²) in [4.78, 5) is 12.4. The molecule has 0 unspecified atom stereocenters. The van der Waals surface area contributed by atoms with Crippen molar-refractivity contribution >= 4 is 22.0 Å². The molecule has 88 valence electrons. The fraction of sp³-hybridized carbons (Fsp3) is 0.600. The van der Waals surface area contributed by atoms with Gasteiger partial charge in [0.15, 0.2) is 5.00 Å². The summed E-state index contributed by atoms with van der Waals surface area (Å²) in [6.07, 6.45) is 1.62. The summed E-state index contributed by atoms with van der Waals surface area (Å²) in [5.41, 5.74) is -0.599. The van der Waals surface area contributed by atoms with Gasteiger partial charge in [-0.05, 0) is 25.1 Å². The lowest BCUT2D eigenvalue weighted by molar-refractivity contribution is -0.383. The highest BCUT2D eigenvalue weighted by Crippen LogP contribution is 2.37. The zero-order chi connectivity index (χ0) is 11.8. The molecule has 1 aliphatic rings. The molecule has 0 spiro atoms. The molecule has 0 bridgehead atoms. The van der Waals surface area contributed by atoms with Gasteiger partial charge in [0.05, 0.1) is 10.5 Å². The SMILES string of the molecule is C[C@@]1(O)CCCN(c2sccc2[N+](=O)[O-])C1. The number of rotatable bonds is 2. The van der Waals surface area contributed by atoms with E-state index in [-0.39, 0.29) is 10.6 Å². The normalized spacial score (nSPS) is 25.8. The number of hydrogen-bond acceptors (Lipinski definition) is 5. The Labute approximate surface area is 97.5 Å². The average molecular weight is 242 g/mol. The second-order valence-electron chi connectivity index (χ2n) is 4.39. The van der Waals surface area contributed by atoms with E-state index >= 15 is 0 Å². The maximum absolute atomic E-state index is 10.8. The molecule has 1 aromatic rings. The molecule has 0 radical (unpaired) electrons. The molecule has 5 nitrogen and oxygen atoms in total. The Balaban J connectivity index is 2.23. The molecular formula is C10H14N2O3S. The molecule has 1 aliphatic heterocycles. The van der Waals surface area contributed by atoms with Crippen molar-refractivity contribution in [3.05, 3.63) is 21.6 Å². The summed E-state index contributed by atoms with van der Waals surface area (Å²) in [5, 5.41) is 23.2. The maximum atomic E-state index is 10.8. The molecule has 1 fully saturated rings. The topological polar surface area (TPSA) is 66.6 Å². The number of nitrogens with zero attached hydrogens (tertiary/aromatic N) is 2. The Morgan fingerprint density at radius 3 is 3.06 bits per heavy atom. The zero-order valence-corrected chi connectivity index (χ0v) is 9.87. The predicted molar refractivity (Wildman–Crippen MR) is 63.0 cm³/mol. The molecule has 0 amide bonds. The van der Waals surface area contributed by atoms with E-state index in [2.05, 4.69) is 0 Å². The second-order valence-corrected chi connectivity index (χ2v) is 5.28. The van der Waals surface area contributed by atoms with Gasteiger partial charge in [0.25, 0.3) is 0 Å². The fourth-order valence-corrected chi connectivity index (χ4v) is 2.96. The highest BCUT2D eigenvalue weighted by molar-refractivity contribution is 7.14. The van der Waals surface area contributed by atoms with Crippen molar-refractivity contribution in [1.29, 1.82) is 0 Å². The Hall–Kier alpha value is -1.14. The number of thiophene rings is 1. The highest BCUT2D eigenvalue weighted by atomic mass is 32.1. The van der Waals surface area contributed by atoms with Crippen molar-refractivity contribution in [3.63, 3.8) is 0 Å². The quantitative estimate of drug-likeness (QED) is 0.636. The minimum Gasteiger partial charge on any atom is -0.388 e. The van der Waals surface area contributed by atoms with E-state index in [0.29, 0.717) is 11.5 Å². The van der Waals surface area contributed by atoms with Crippen molar-refractivity contribution in [1.82, 2.24) is 0 Å². The van der Waals surface area contributed by atoms with Gasteiger partial charge in [0.2, 0.25) is 0 Å². The van der Waals surface area contributed by atoms with Gasteiger partial charge >= 0.3 is 5.69 Å². The van der Waals surface area contributed by atoms with E-state index in [9.17, 15) is 15.2 Å². The first-order valence-electron chi connectivity index (χ1n) is 5.19. The summed E-state index contributed by atoms with van der Waals surface area (Å²) < 4.78 is 0. The van der Waals surface area contributed by atoms with Crippen molar-refractivity contribution in [3.8, 4) is 0 Å². The van der Waals surface area contributed by atoms with Crippen molar-refractivity contribution in [2.24, 2.45) is 0 Å². The fourth-order valence-electron chi connectivity index (χ4n) is 2.06. The van der Waals surface area contributed by atoms with Crippen LogP contribution in [0.3, 0.4) is 0 Å².